The highest BCUT2D eigenvalue weighted by Crippen LogP contribution is 2.31. The molecule has 0 unspecified atom stereocenters. The molecule has 0 saturated heterocycles. The molecule has 1 rings (SSSR count). The van der Waals surface area contributed by atoms with Gasteiger partial charge >= 0.3 is 0 Å². The summed E-state index contributed by atoms with van der Waals surface area (Å²) in [5.41, 5.74) is 11.2. The van der Waals surface area contributed by atoms with Gasteiger partial charge in [0.1, 0.15) is 0 Å². The van der Waals surface area contributed by atoms with E-state index >= 15 is 0 Å². The fourth-order valence-electron chi connectivity index (χ4n) is 0.933. The Labute approximate surface area is 81.5 Å². The van der Waals surface area contributed by atoms with E-state index in [0.717, 1.165) is 0 Å². The molecule has 13 heavy (non-hydrogen) atoms. The van der Waals surface area contributed by atoms with Gasteiger partial charge in [-0.25, -0.2) is 4.39 Å². The van der Waals surface area contributed by atoms with E-state index in [1.807, 2.05) is 13.8 Å². The molecule has 0 bridgehead atoms. The Bertz CT molecular complexity index is 313. The van der Waals surface area contributed by atoms with E-state index in [1.165, 1.54) is 11.8 Å². The van der Waals surface area contributed by atoms with Crippen molar-refractivity contribution in [2.24, 2.45) is 0 Å². The SMILES string of the molecule is CC(C)Sc1ccc(N)c(N)c1F. The Balaban J connectivity index is 3.04. The topological polar surface area (TPSA) is 52.0 Å². The average Bonchev–Trinajstić information content (AvgIpc) is 2.06. The first-order chi connectivity index (χ1) is 6.02. The van der Waals surface area contributed by atoms with Gasteiger partial charge in [0.25, 0.3) is 0 Å². The third-order valence-electron chi connectivity index (χ3n) is 1.54. The van der Waals surface area contributed by atoms with Crippen LogP contribution in [0, 0.1) is 5.82 Å². The van der Waals surface area contributed by atoms with Gasteiger partial charge in [0.15, 0.2) is 5.82 Å². The smallest absolute Gasteiger partial charge is 0.161 e. The summed E-state index contributed by atoms with van der Waals surface area (Å²) < 4.78 is 13.4. The average molecular weight is 200 g/mol. The van der Waals surface area contributed by atoms with E-state index in [9.17, 15) is 4.39 Å². The number of thioether (sulfide) groups is 1. The summed E-state index contributed by atoms with van der Waals surface area (Å²) >= 11 is 1.44. The lowest BCUT2D eigenvalue weighted by atomic mass is 10.2. The first-order valence-corrected chi connectivity index (χ1v) is 4.90. The van der Waals surface area contributed by atoms with Crippen LogP contribution in [0.3, 0.4) is 0 Å². The normalized spacial score (nSPS) is 10.8. The van der Waals surface area contributed by atoms with Crippen LogP contribution in [0.1, 0.15) is 13.8 Å². The van der Waals surface area contributed by atoms with Crippen molar-refractivity contribution in [3.63, 3.8) is 0 Å². The zero-order chi connectivity index (χ0) is 10.0. The highest BCUT2D eigenvalue weighted by Gasteiger charge is 2.10. The van der Waals surface area contributed by atoms with E-state index in [2.05, 4.69) is 0 Å². The van der Waals surface area contributed by atoms with Gasteiger partial charge in [0.2, 0.25) is 0 Å². The van der Waals surface area contributed by atoms with Crippen molar-refractivity contribution in [2.75, 3.05) is 11.5 Å². The maximum Gasteiger partial charge on any atom is 0.161 e. The van der Waals surface area contributed by atoms with Gasteiger partial charge in [0.05, 0.1) is 11.4 Å². The van der Waals surface area contributed by atoms with Gasteiger partial charge in [0, 0.05) is 10.1 Å². The van der Waals surface area contributed by atoms with Crippen molar-refractivity contribution >= 4 is 23.1 Å². The van der Waals surface area contributed by atoms with Crippen molar-refractivity contribution in [2.45, 2.75) is 24.0 Å². The monoisotopic (exact) mass is 200 g/mol. The minimum Gasteiger partial charge on any atom is -0.397 e. The molecule has 72 valence electrons. The fraction of sp³-hybridized carbons (Fsp3) is 0.333. The van der Waals surface area contributed by atoms with Crippen LogP contribution in [-0.4, -0.2) is 5.25 Å². The van der Waals surface area contributed by atoms with Crippen LogP contribution in [0.15, 0.2) is 17.0 Å². The Kier molecular flexibility index (Phi) is 3.03. The Morgan fingerprint density at radius 3 is 2.46 bits per heavy atom. The van der Waals surface area contributed by atoms with Crippen molar-refractivity contribution in [3.8, 4) is 0 Å². The quantitative estimate of drug-likeness (QED) is 0.569. The molecule has 0 aliphatic carbocycles. The predicted molar refractivity (Wildman–Crippen MR) is 56.2 cm³/mol. The number of nitrogen functional groups attached to an aromatic ring is 2. The third kappa shape index (κ3) is 2.28. The number of hydrogen-bond donors (Lipinski definition) is 2. The number of benzene rings is 1. The number of anilines is 2. The largest absolute Gasteiger partial charge is 0.397 e. The van der Waals surface area contributed by atoms with E-state index in [4.69, 9.17) is 11.5 Å². The second-order valence-corrected chi connectivity index (χ2v) is 4.67. The molecular weight excluding hydrogens is 187 g/mol. The third-order valence-corrected chi connectivity index (χ3v) is 2.58. The zero-order valence-electron chi connectivity index (χ0n) is 7.67. The molecule has 4 heteroatoms. The van der Waals surface area contributed by atoms with E-state index in [-0.39, 0.29) is 5.69 Å². The van der Waals surface area contributed by atoms with Crippen LogP contribution in [0.5, 0.6) is 0 Å². The zero-order valence-corrected chi connectivity index (χ0v) is 8.49. The molecule has 0 aromatic heterocycles. The van der Waals surface area contributed by atoms with Crippen molar-refractivity contribution in [1.82, 2.24) is 0 Å². The summed E-state index contributed by atoms with van der Waals surface area (Å²) in [6.07, 6.45) is 0. The van der Waals surface area contributed by atoms with E-state index in [0.29, 0.717) is 15.8 Å². The standard InChI is InChI=1S/C9H13FN2S/c1-5(2)13-7-4-3-6(11)9(12)8(7)10/h3-5H,11-12H2,1-2H3. The molecule has 0 atom stereocenters. The minimum atomic E-state index is -0.404. The van der Waals surface area contributed by atoms with Crippen LogP contribution in [0.2, 0.25) is 0 Å². The van der Waals surface area contributed by atoms with Gasteiger partial charge < -0.3 is 11.5 Å². The fourth-order valence-corrected chi connectivity index (χ4v) is 1.80. The molecule has 4 N–H and O–H groups in total. The van der Waals surface area contributed by atoms with Crippen molar-refractivity contribution in [1.29, 1.82) is 0 Å². The first kappa shape index (κ1) is 10.2. The minimum absolute atomic E-state index is 0.0469. The molecule has 1 aromatic rings. The Hall–Kier alpha value is -0.900. The highest BCUT2D eigenvalue weighted by atomic mass is 32.2. The molecule has 0 spiro atoms. The number of halogens is 1. The molecule has 0 heterocycles. The molecule has 0 saturated carbocycles. The molecule has 0 amide bonds. The van der Waals surface area contributed by atoms with Crippen molar-refractivity contribution < 1.29 is 4.39 Å². The summed E-state index contributed by atoms with van der Waals surface area (Å²) in [7, 11) is 0. The van der Waals surface area contributed by atoms with Gasteiger partial charge in [-0.15, -0.1) is 11.8 Å². The predicted octanol–water partition coefficient (Wildman–Crippen LogP) is 2.49. The lowest BCUT2D eigenvalue weighted by Gasteiger charge is -2.08. The first-order valence-electron chi connectivity index (χ1n) is 4.02. The Morgan fingerprint density at radius 1 is 1.31 bits per heavy atom. The van der Waals surface area contributed by atoms with Crippen molar-refractivity contribution in [3.05, 3.63) is 17.9 Å². The maximum atomic E-state index is 13.4. The Morgan fingerprint density at radius 2 is 1.92 bits per heavy atom. The van der Waals surface area contributed by atoms with Gasteiger partial charge in [-0.3, -0.25) is 0 Å². The molecular formula is C9H13FN2S. The lowest BCUT2D eigenvalue weighted by Crippen LogP contribution is -2.00. The summed E-state index contributed by atoms with van der Waals surface area (Å²) in [5.74, 6) is -0.404. The van der Waals surface area contributed by atoms with Crippen LogP contribution in [0.4, 0.5) is 15.8 Å². The summed E-state index contributed by atoms with van der Waals surface area (Å²) in [6.45, 7) is 3.99. The molecule has 1 aromatic carbocycles. The van der Waals surface area contributed by atoms with Gasteiger partial charge in [-0.1, -0.05) is 13.8 Å². The molecule has 2 nitrogen and oxygen atoms in total. The molecule has 0 aliphatic rings. The summed E-state index contributed by atoms with van der Waals surface area (Å²) in [6, 6.07) is 3.29. The van der Waals surface area contributed by atoms with Gasteiger partial charge in [-0.05, 0) is 12.1 Å². The van der Waals surface area contributed by atoms with Gasteiger partial charge in [-0.2, -0.15) is 0 Å². The molecule has 0 aliphatic heterocycles. The van der Waals surface area contributed by atoms with E-state index in [1.54, 1.807) is 12.1 Å². The second-order valence-electron chi connectivity index (χ2n) is 3.05. The second kappa shape index (κ2) is 3.87. The van der Waals surface area contributed by atoms with E-state index < -0.39 is 5.82 Å². The highest BCUT2D eigenvalue weighted by molar-refractivity contribution is 7.99. The lowest BCUT2D eigenvalue weighted by molar-refractivity contribution is 0.607. The molecule has 0 radical (unpaired) electrons. The van der Waals surface area contributed by atoms with Crippen LogP contribution in [0.25, 0.3) is 0 Å². The number of nitrogens with two attached hydrogens (primary N) is 2. The van der Waals surface area contributed by atoms with Crippen LogP contribution >= 0.6 is 11.8 Å². The van der Waals surface area contributed by atoms with Crippen LogP contribution < -0.4 is 11.5 Å². The van der Waals surface area contributed by atoms with Crippen LogP contribution in [-0.2, 0) is 0 Å². The maximum absolute atomic E-state index is 13.4. The molecule has 0 fully saturated rings. The summed E-state index contributed by atoms with van der Waals surface area (Å²) in [5, 5.41) is 0.331. The summed E-state index contributed by atoms with van der Waals surface area (Å²) in [4.78, 5) is 0.557. The number of hydrogen-bond acceptors (Lipinski definition) is 3. The number of rotatable bonds is 2.